The number of benzene rings is 1. The molecule has 5 rings (SSSR count). The molecule has 2 fully saturated rings. The van der Waals surface area contributed by atoms with Gasteiger partial charge < -0.3 is 19.1 Å². The summed E-state index contributed by atoms with van der Waals surface area (Å²) in [5.74, 6) is 1.32. The summed E-state index contributed by atoms with van der Waals surface area (Å²) < 4.78 is 44.4. The lowest BCUT2D eigenvalue weighted by Gasteiger charge is -2.35. The lowest BCUT2D eigenvalue weighted by molar-refractivity contribution is -0.0502. The molecule has 1 aromatic carbocycles. The fraction of sp³-hybridized carbons (Fsp3) is 0.440. The second kappa shape index (κ2) is 9.21. The molecule has 0 amide bonds. The van der Waals surface area contributed by atoms with Crippen LogP contribution >= 0.6 is 0 Å². The van der Waals surface area contributed by atoms with Crippen molar-refractivity contribution >= 4 is 11.4 Å². The van der Waals surface area contributed by atoms with Crippen molar-refractivity contribution in [1.29, 1.82) is 0 Å². The third kappa shape index (κ3) is 4.70. The van der Waals surface area contributed by atoms with Crippen molar-refractivity contribution in [3.63, 3.8) is 0 Å². The van der Waals surface area contributed by atoms with E-state index < -0.39 is 6.61 Å². The second-order valence-corrected chi connectivity index (χ2v) is 9.13. The maximum atomic E-state index is 13.2. The number of hydrogen-bond donors (Lipinski definition) is 0. The standard InChI is InChI=1S/C25H27F2N3O4/c1-29-12-16(13-29)14-33-18-5-6-30-19(11-28-23(30)10-18)17-8-21(32-2)24(20(31)7-15-3-4-15)22(9-17)34-25(26)27/h5-6,8-11,15-16,25H,3-4,7,12-14H2,1-2H3. The number of alkyl halides is 2. The Morgan fingerprint density at radius 1 is 1.18 bits per heavy atom. The van der Waals surface area contributed by atoms with E-state index in [1.165, 1.54) is 13.2 Å². The van der Waals surface area contributed by atoms with Crippen molar-refractivity contribution in [2.45, 2.75) is 25.9 Å². The van der Waals surface area contributed by atoms with Gasteiger partial charge in [0.25, 0.3) is 0 Å². The van der Waals surface area contributed by atoms with Crippen LogP contribution in [-0.4, -0.2) is 60.5 Å². The minimum atomic E-state index is -3.07. The highest BCUT2D eigenvalue weighted by Gasteiger charge is 2.30. The maximum Gasteiger partial charge on any atom is 0.387 e. The molecule has 1 aliphatic heterocycles. The van der Waals surface area contributed by atoms with Gasteiger partial charge in [0.15, 0.2) is 5.78 Å². The molecule has 3 aromatic rings. The lowest BCUT2D eigenvalue weighted by atomic mass is 10.00. The van der Waals surface area contributed by atoms with E-state index in [9.17, 15) is 13.6 Å². The van der Waals surface area contributed by atoms with Crippen LogP contribution in [0.15, 0.2) is 36.7 Å². The van der Waals surface area contributed by atoms with Crippen LogP contribution in [0.1, 0.15) is 29.6 Å². The quantitative estimate of drug-likeness (QED) is 0.405. The normalized spacial score (nSPS) is 16.6. The van der Waals surface area contributed by atoms with Gasteiger partial charge in [0.05, 0.1) is 25.6 Å². The van der Waals surface area contributed by atoms with Crippen molar-refractivity contribution < 1.29 is 27.8 Å². The van der Waals surface area contributed by atoms with Crippen molar-refractivity contribution in [3.8, 4) is 28.5 Å². The molecule has 1 saturated carbocycles. The van der Waals surface area contributed by atoms with Crippen molar-refractivity contribution in [2.75, 3.05) is 33.9 Å². The van der Waals surface area contributed by atoms with E-state index in [0.717, 1.165) is 31.7 Å². The zero-order valence-corrected chi connectivity index (χ0v) is 19.2. The van der Waals surface area contributed by atoms with Crippen LogP contribution in [0.25, 0.3) is 16.9 Å². The zero-order valence-electron chi connectivity index (χ0n) is 19.2. The number of likely N-dealkylation sites (tertiary alicyclic amines) is 1. The van der Waals surface area contributed by atoms with E-state index >= 15 is 0 Å². The van der Waals surface area contributed by atoms with Gasteiger partial charge >= 0.3 is 6.61 Å². The molecule has 2 aliphatic rings. The van der Waals surface area contributed by atoms with Crippen molar-refractivity contribution in [3.05, 3.63) is 42.2 Å². The largest absolute Gasteiger partial charge is 0.496 e. The molecular weight excluding hydrogens is 444 g/mol. The molecule has 1 aliphatic carbocycles. The van der Waals surface area contributed by atoms with Crippen LogP contribution in [0.5, 0.6) is 17.2 Å². The van der Waals surface area contributed by atoms with Crippen LogP contribution in [0.3, 0.4) is 0 Å². The summed E-state index contributed by atoms with van der Waals surface area (Å²) in [4.78, 5) is 19.5. The molecule has 2 aromatic heterocycles. The Kier molecular flexibility index (Phi) is 6.12. The first-order valence-corrected chi connectivity index (χ1v) is 11.4. The van der Waals surface area contributed by atoms with Crippen LogP contribution in [0, 0.1) is 11.8 Å². The van der Waals surface area contributed by atoms with Gasteiger partial charge in [-0.2, -0.15) is 8.78 Å². The maximum absolute atomic E-state index is 13.2. The fourth-order valence-electron chi connectivity index (χ4n) is 4.46. The summed E-state index contributed by atoms with van der Waals surface area (Å²) in [5.41, 5.74) is 1.92. The second-order valence-electron chi connectivity index (χ2n) is 9.13. The Labute approximate surface area is 196 Å². The van der Waals surface area contributed by atoms with Gasteiger partial charge in [0.1, 0.15) is 28.5 Å². The van der Waals surface area contributed by atoms with Crippen molar-refractivity contribution in [1.82, 2.24) is 14.3 Å². The summed E-state index contributed by atoms with van der Waals surface area (Å²) in [6.07, 6.45) is 5.72. The first-order valence-electron chi connectivity index (χ1n) is 11.4. The van der Waals surface area contributed by atoms with Gasteiger partial charge in [-0.3, -0.25) is 9.20 Å². The number of nitrogens with zero attached hydrogens (tertiary/aromatic N) is 3. The highest BCUT2D eigenvalue weighted by Crippen LogP contribution is 2.40. The molecule has 0 radical (unpaired) electrons. The van der Waals surface area contributed by atoms with E-state index in [4.69, 9.17) is 14.2 Å². The third-order valence-electron chi connectivity index (χ3n) is 6.36. The van der Waals surface area contributed by atoms with Gasteiger partial charge in [-0.05, 0) is 44.0 Å². The first-order chi connectivity index (χ1) is 16.4. The van der Waals surface area contributed by atoms with E-state index in [2.05, 4.69) is 16.9 Å². The molecule has 0 bridgehead atoms. The van der Waals surface area contributed by atoms with Gasteiger partial charge in [-0.15, -0.1) is 0 Å². The summed E-state index contributed by atoms with van der Waals surface area (Å²) in [7, 11) is 3.49. The predicted octanol–water partition coefficient (Wildman–Crippen LogP) is 4.53. The fourth-order valence-corrected chi connectivity index (χ4v) is 4.46. The molecule has 0 spiro atoms. The number of ether oxygens (including phenoxy) is 3. The number of imidazole rings is 1. The van der Waals surface area contributed by atoms with E-state index in [0.29, 0.717) is 41.8 Å². The van der Waals surface area contributed by atoms with Gasteiger partial charge in [0, 0.05) is 43.3 Å². The number of Topliss-reactive ketones (excluding diaryl/α,β-unsaturated/α-hetero) is 1. The average Bonchev–Trinajstić information content (AvgIpc) is 3.50. The predicted molar refractivity (Wildman–Crippen MR) is 122 cm³/mol. The van der Waals surface area contributed by atoms with Gasteiger partial charge in [0.2, 0.25) is 0 Å². The van der Waals surface area contributed by atoms with E-state index in [-0.39, 0.29) is 22.8 Å². The molecule has 0 unspecified atom stereocenters. The number of halogens is 2. The summed E-state index contributed by atoms with van der Waals surface area (Å²) in [5, 5.41) is 0. The zero-order chi connectivity index (χ0) is 23.8. The molecular formula is C25H27F2N3O4. The number of carbonyl (C=O) groups is 1. The molecule has 180 valence electrons. The molecule has 9 heteroatoms. The number of hydrogen-bond acceptors (Lipinski definition) is 6. The first kappa shape index (κ1) is 22.6. The van der Waals surface area contributed by atoms with Crippen molar-refractivity contribution in [2.24, 2.45) is 11.8 Å². The molecule has 7 nitrogen and oxygen atoms in total. The van der Waals surface area contributed by atoms with Crippen LogP contribution in [0.2, 0.25) is 0 Å². The molecule has 34 heavy (non-hydrogen) atoms. The molecule has 3 heterocycles. The Hall–Kier alpha value is -3.20. The number of carbonyl (C=O) groups excluding carboxylic acids is 1. The van der Waals surface area contributed by atoms with Gasteiger partial charge in [-0.25, -0.2) is 4.98 Å². The van der Waals surface area contributed by atoms with E-state index in [1.807, 2.05) is 22.7 Å². The number of fused-ring (bicyclic) bond motifs is 1. The monoisotopic (exact) mass is 471 g/mol. The van der Waals surface area contributed by atoms with Crippen LogP contribution in [0.4, 0.5) is 8.78 Å². The minimum absolute atomic E-state index is 0.0598. The Balaban J connectivity index is 1.45. The third-order valence-corrected chi connectivity index (χ3v) is 6.36. The Bertz CT molecular complexity index is 1200. The average molecular weight is 472 g/mol. The minimum Gasteiger partial charge on any atom is -0.496 e. The topological polar surface area (TPSA) is 65.3 Å². The highest BCUT2D eigenvalue weighted by atomic mass is 19.3. The molecule has 0 N–H and O–H groups in total. The number of pyridine rings is 1. The Morgan fingerprint density at radius 3 is 2.62 bits per heavy atom. The Morgan fingerprint density at radius 2 is 1.94 bits per heavy atom. The summed E-state index contributed by atoms with van der Waals surface area (Å²) in [6.45, 7) is -0.361. The number of rotatable bonds is 10. The SMILES string of the molecule is COc1cc(-c2cnc3cc(OCC4CN(C)C4)ccn23)cc(OC(F)F)c1C(=O)CC1CC1. The number of ketones is 1. The summed E-state index contributed by atoms with van der Waals surface area (Å²) >= 11 is 0. The number of methoxy groups -OCH3 is 1. The highest BCUT2D eigenvalue weighted by molar-refractivity contribution is 6.02. The molecule has 1 saturated heterocycles. The lowest BCUT2D eigenvalue weighted by Crippen LogP contribution is -2.46. The van der Waals surface area contributed by atoms with Crippen LogP contribution < -0.4 is 14.2 Å². The molecule has 0 atom stereocenters. The smallest absolute Gasteiger partial charge is 0.387 e. The number of aromatic nitrogens is 2. The summed E-state index contributed by atoms with van der Waals surface area (Å²) in [6, 6.07) is 6.81. The van der Waals surface area contributed by atoms with Gasteiger partial charge in [-0.1, -0.05) is 0 Å². The van der Waals surface area contributed by atoms with E-state index in [1.54, 1.807) is 12.3 Å². The van der Waals surface area contributed by atoms with Crippen LogP contribution in [-0.2, 0) is 0 Å².